The first-order chi connectivity index (χ1) is 14.9. The molecule has 1 N–H and O–H groups in total. The van der Waals surface area contributed by atoms with Crippen LogP contribution in [0.15, 0.2) is 47.4 Å². The molecule has 2 aromatic rings. The number of nitrogens with one attached hydrogen (secondary N) is 1. The highest BCUT2D eigenvalue weighted by Crippen LogP contribution is 2.29. The summed E-state index contributed by atoms with van der Waals surface area (Å²) in [7, 11) is 0. The molecule has 6 nitrogen and oxygen atoms in total. The molecule has 9 heteroatoms. The maximum atomic E-state index is 14.5. The summed E-state index contributed by atoms with van der Waals surface area (Å²) in [6, 6.07) is 11.8. The van der Waals surface area contributed by atoms with Crippen molar-refractivity contribution < 1.29 is 23.5 Å². The lowest BCUT2D eigenvalue weighted by molar-refractivity contribution is -0.115. The summed E-state index contributed by atoms with van der Waals surface area (Å²) in [6.07, 6.45) is 1.97. The van der Waals surface area contributed by atoms with Crippen LogP contribution in [0.25, 0.3) is 6.08 Å². The molecule has 0 bridgehead atoms. The van der Waals surface area contributed by atoms with E-state index >= 15 is 0 Å². The van der Waals surface area contributed by atoms with Gasteiger partial charge in [0.1, 0.15) is 16.7 Å². The minimum atomic E-state index is -0.537. The number of thiocarbonyl (C=S) groups is 1. The minimum absolute atomic E-state index is 0.0119. The van der Waals surface area contributed by atoms with E-state index in [0.29, 0.717) is 40.1 Å². The zero-order valence-corrected chi connectivity index (χ0v) is 18.2. The molecule has 2 fully saturated rings. The van der Waals surface area contributed by atoms with Crippen molar-refractivity contribution in [2.24, 2.45) is 0 Å². The Morgan fingerprint density at radius 1 is 1.29 bits per heavy atom. The van der Waals surface area contributed by atoms with Crippen molar-refractivity contribution in [3.05, 3.63) is 64.3 Å². The summed E-state index contributed by atoms with van der Waals surface area (Å²) in [5.41, 5.74) is 1.57. The zero-order valence-electron chi connectivity index (χ0n) is 16.6. The van der Waals surface area contributed by atoms with Crippen molar-refractivity contribution in [2.45, 2.75) is 19.4 Å². The highest BCUT2D eigenvalue weighted by Gasteiger charge is 2.31. The van der Waals surface area contributed by atoms with Crippen LogP contribution in [0.4, 0.5) is 9.18 Å². The number of thioether (sulfide) groups is 1. The fraction of sp³-hybridized carbons (Fsp3) is 0.227. The lowest BCUT2D eigenvalue weighted by Gasteiger charge is -2.19. The van der Waals surface area contributed by atoms with Gasteiger partial charge in [-0.3, -0.25) is 4.79 Å². The first kappa shape index (κ1) is 21.3. The highest BCUT2D eigenvalue weighted by atomic mass is 32.2. The Morgan fingerprint density at radius 2 is 2.06 bits per heavy atom. The number of hydrogen-bond acceptors (Lipinski definition) is 6. The molecule has 0 spiro atoms. The van der Waals surface area contributed by atoms with Gasteiger partial charge in [-0.05, 0) is 54.8 Å². The third kappa shape index (κ3) is 4.88. The molecule has 1 atom stereocenters. The van der Waals surface area contributed by atoms with Crippen LogP contribution >= 0.6 is 24.0 Å². The molecule has 160 valence electrons. The van der Waals surface area contributed by atoms with Crippen LogP contribution in [0.1, 0.15) is 18.1 Å². The van der Waals surface area contributed by atoms with Gasteiger partial charge >= 0.3 is 6.09 Å². The van der Waals surface area contributed by atoms with Crippen LogP contribution in [-0.4, -0.2) is 40.4 Å². The van der Waals surface area contributed by atoms with Crippen LogP contribution in [-0.2, 0) is 16.0 Å². The van der Waals surface area contributed by atoms with Crippen LogP contribution in [0, 0.1) is 5.82 Å². The average Bonchev–Trinajstić information content (AvgIpc) is 3.25. The second-order valence-corrected chi connectivity index (χ2v) is 8.73. The van der Waals surface area contributed by atoms with Gasteiger partial charge in [0.2, 0.25) is 0 Å². The van der Waals surface area contributed by atoms with E-state index in [1.54, 1.807) is 29.2 Å². The fourth-order valence-corrected chi connectivity index (χ4v) is 4.44. The van der Waals surface area contributed by atoms with Gasteiger partial charge in [0.15, 0.2) is 11.6 Å². The van der Waals surface area contributed by atoms with E-state index in [9.17, 15) is 14.0 Å². The summed E-state index contributed by atoms with van der Waals surface area (Å²) in [4.78, 5) is 25.5. The smallest absolute Gasteiger partial charge is 0.410 e. The molecule has 2 aliphatic heterocycles. The number of carbonyl (C=O) groups excluding carboxylic acids is 2. The number of benzene rings is 2. The molecule has 0 aliphatic carbocycles. The highest BCUT2D eigenvalue weighted by molar-refractivity contribution is 8.26. The summed E-state index contributed by atoms with van der Waals surface area (Å²) in [6.45, 7) is 2.90. The van der Waals surface area contributed by atoms with E-state index < -0.39 is 5.82 Å². The normalized spacial score (nSPS) is 19.7. The topological polar surface area (TPSA) is 67.9 Å². The Labute approximate surface area is 188 Å². The predicted molar refractivity (Wildman–Crippen MR) is 120 cm³/mol. The van der Waals surface area contributed by atoms with Crippen LogP contribution in [0.2, 0.25) is 0 Å². The van der Waals surface area contributed by atoms with Gasteiger partial charge in [0.05, 0.1) is 10.9 Å². The molecule has 2 amide bonds. The van der Waals surface area contributed by atoms with Crippen molar-refractivity contribution in [2.75, 3.05) is 13.2 Å². The van der Waals surface area contributed by atoms with Gasteiger partial charge in [0, 0.05) is 6.54 Å². The second kappa shape index (κ2) is 9.07. The number of nitrogens with zero attached hydrogens (tertiary/aromatic N) is 1. The SMILES string of the molecule is CCN1C(=O)OCC1Cc1ccc(Oc2ccc(C=C3SC(=S)NC3=O)cc2F)cc1. The summed E-state index contributed by atoms with van der Waals surface area (Å²) < 4.78 is 25.7. The maximum absolute atomic E-state index is 14.5. The number of carbonyl (C=O) groups is 2. The average molecular weight is 459 g/mol. The van der Waals surface area contributed by atoms with Crippen LogP contribution < -0.4 is 10.1 Å². The first-order valence-corrected chi connectivity index (χ1v) is 10.9. The van der Waals surface area contributed by atoms with E-state index in [2.05, 4.69) is 5.32 Å². The molecule has 4 rings (SSSR count). The van der Waals surface area contributed by atoms with Gasteiger partial charge in [-0.1, -0.05) is 42.2 Å². The standard InChI is InChI=1S/C22H19FN2O4S2/c1-2-25-15(12-28-22(25)27)9-13-3-6-16(7-4-13)29-18-8-5-14(10-17(18)23)11-19-20(26)24-21(30)31-19/h3-8,10-11,15H,2,9,12H2,1H3,(H,24,26,30). The molecule has 0 radical (unpaired) electrons. The fourth-order valence-electron chi connectivity index (χ4n) is 3.40. The molecule has 2 heterocycles. The number of likely N-dealkylation sites (N-methyl/N-ethyl adjacent to an activating group) is 1. The van der Waals surface area contributed by atoms with E-state index in [1.807, 2.05) is 19.1 Å². The summed E-state index contributed by atoms with van der Waals surface area (Å²) >= 11 is 6.09. The lowest BCUT2D eigenvalue weighted by Crippen LogP contribution is -2.34. The molecule has 2 aromatic carbocycles. The Hall–Kier alpha value is -2.91. The number of rotatable bonds is 6. The quantitative estimate of drug-likeness (QED) is 0.508. The van der Waals surface area contributed by atoms with Gasteiger partial charge < -0.3 is 19.7 Å². The van der Waals surface area contributed by atoms with Gasteiger partial charge in [-0.25, -0.2) is 9.18 Å². The van der Waals surface area contributed by atoms with E-state index in [1.165, 1.54) is 12.1 Å². The van der Waals surface area contributed by atoms with Crippen molar-refractivity contribution in [3.8, 4) is 11.5 Å². The number of ether oxygens (including phenoxy) is 2. The van der Waals surface area contributed by atoms with Crippen molar-refractivity contribution >= 4 is 46.4 Å². The van der Waals surface area contributed by atoms with Crippen molar-refractivity contribution in [1.29, 1.82) is 0 Å². The van der Waals surface area contributed by atoms with Gasteiger partial charge in [0.25, 0.3) is 5.91 Å². The molecule has 1 unspecified atom stereocenters. The van der Waals surface area contributed by atoms with E-state index in [-0.39, 0.29) is 23.8 Å². The molecular formula is C22H19FN2O4S2. The number of hydrogen-bond donors (Lipinski definition) is 1. The van der Waals surface area contributed by atoms with E-state index in [0.717, 1.165) is 17.3 Å². The third-order valence-electron chi connectivity index (χ3n) is 4.93. The van der Waals surface area contributed by atoms with Gasteiger partial charge in [-0.15, -0.1) is 0 Å². The molecule has 0 saturated carbocycles. The molecule has 2 aliphatic rings. The second-order valence-electron chi connectivity index (χ2n) is 7.01. The molecule has 31 heavy (non-hydrogen) atoms. The summed E-state index contributed by atoms with van der Waals surface area (Å²) in [5.74, 6) is -0.243. The molecular weight excluding hydrogens is 439 g/mol. The Balaban J connectivity index is 1.41. The third-order valence-corrected chi connectivity index (χ3v) is 6.10. The van der Waals surface area contributed by atoms with Crippen LogP contribution in [0.5, 0.6) is 11.5 Å². The summed E-state index contributed by atoms with van der Waals surface area (Å²) in [5, 5.41) is 2.52. The number of cyclic esters (lactones) is 1. The zero-order chi connectivity index (χ0) is 22.0. The Bertz CT molecular complexity index is 1070. The molecule has 0 aromatic heterocycles. The number of halogens is 1. The van der Waals surface area contributed by atoms with Crippen molar-refractivity contribution in [3.63, 3.8) is 0 Å². The molecule has 2 saturated heterocycles. The van der Waals surface area contributed by atoms with E-state index in [4.69, 9.17) is 21.7 Å². The lowest BCUT2D eigenvalue weighted by atomic mass is 10.1. The maximum Gasteiger partial charge on any atom is 0.410 e. The first-order valence-electron chi connectivity index (χ1n) is 9.67. The monoisotopic (exact) mass is 458 g/mol. The predicted octanol–water partition coefficient (Wildman–Crippen LogP) is 4.49. The van der Waals surface area contributed by atoms with Crippen molar-refractivity contribution in [1.82, 2.24) is 10.2 Å². The number of amides is 2. The minimum Gasteiger partial charge on any atom is -0.454 e. The van der Waals surface area contributed by atoms with Gasteiger partial charge in [-0.2, -0.15) is 0 Å². The largest absolute Gasteiger partial charge is 0.454 e. The van der Waals surface area contributed by atoms with Crippen LogP contribution in [0.3, 0.4) is 0 Å². The Kier molecular flexibility index (Phi) is 6.24. The Morgan fingerprint density at radius 3 is 2.71 bits per heavy atom.